The second-order valence-electron chi connectivity index (χ2n) is 6.02. The molecule has 6 heteroatoms. The number of carbonyl (C=O) groups excluding carboxylic acids is 1. The first-order chi connectivity index (χ1) is 13.7. The van der Waals surface area contributed by atoms with Gasteiger partial charge in [0.25, 0.3) is 11.8 Å². The van der Waals surface area contributed by atoms with Gasteiger partial charge in [-0.2, -0.15) is 4.98 Å². The van der Waals surface area contributed by atoms with E-state index in [9.17, 15) is 4.79 Å². The molecule has 0 aliphatic heterocycles. The molecule has 4 aromatic rings. The molecule has 4 rings (SSSR count). The quantitative estimate of drug-likeness (QED) is 0.552. The van der Waals surface area contributed by atoms with Gasteiger partial charge in [-0.3, -0.25) is 4.79 Å². The minimum absolute atomic E-state index is 0.238. The second-order valence-corrected chi connectivity index (χ2v) is 6.02. The summed E-state index contributed by atoms with van der Waals surface area (Å²) in [4.78, 5) is 17.1. The summed E-state index contributed by atoms with van der Waals surface area (Å²) in [6, 6.07) is 23.8. The number of benzene rings is 3. The van der Waals surface area contributed by atoms with Gasteiger partial charge < -0.3 is 14.6 Å². The van der Waals surface area contributed by atoms with Gasteiger partial charge in [0.15, 0.2) is 0 Å². The standard InChI is InChI=1S/C22H17N3O3/c1-27-17-13-11-16(12-14-17)21(26)23-19-10-6-5-9-18(19)22-24-20(25-28-22)15-7-3-2-4-8-15/h2-14H,1H3,(H,23,26). The van der Waals surface area contributed by atoms with Crippen LogP contribution in [0.15, 0.2) is 83.4 Å². The summed E-state index contributed by atoms with van der Waals surface area (Å²) < 4.78 is 10.6. The zero-order valence-electron chi connectivity index (χ0n) is 15.1. The highest BCUT2D eigenvalue weighted by molar-refractivity contribution is 6.06. The molecule has 1 amide bonds. The fourth-order valence-corrected chi connectivity index (χ4v) is 2.75. The van der Waals surface area contributed by atoms with Crippen molar-refractivity contribution in [3.05, 3.63) is 84.4 Å². The van der Waals surface area contributed by atoms with Gasteiger partial charge in [0.1, 0.15) is 5.75 Å². The number of hydrogen-bond donors (Lipinski definition) is 1. The molecule has 0 saturated heterocycles. The Kier molecular flexibility index (Phi) is 4.84. The third-order valence-corrected chi connectivity index (χ3v) is 4.22. The highest BCUT2D eigenvalue weighted by atomic mass is 16.5. The first-order valence-corrected chi connectivity index (χ1v) is 8.68. The molecule has 138 valence electrons. The van der Waals surface area contributed by atoms with Gasteiger partial charge in [0.2, 0.25) is 5.82 Å². The van der Waals surface area contributed by atoms with Crippen LogP contribution in [0.4, 0.5) is 5.69 Å². The highest BCUT2D eigenvalue weighted by Gasteiger charge is 2.16. The van der Waals surface area contributed by atoms with Crippen LogP contribution in [0.25, 0.3) is 22.8 Å². The van der Waals surface area contributed by atoms with Crippen molar-refractivity contribution in [2.75, 3.05) is 12.4 Å². The number of amides is 1. The average Bonchev–Trinajstić information content (AvgIpc) is 3.25. The van der Waals surface area contributed by atoms with Crippen molar-refractivity contribution in [3.8, 4) is 28.6 Å². The first-order valence-electron chi connectivity index (χ1n) is 8.68. The van der Waals surface area contributed by atoms with Crippen molar-refractivity contribution in [3.63, 3.8) is 0 Å². The maximum Gasteiger partial charge on any atom is 0.260 e. The lowest BCUT2D eigenvalue weighted by atomic mass is 10.1. The third kappa shape index (κ3) is 3.61. The van der Waals surface area contributed by atoms with Crippen molar-refractivity contribution in [1.29, 1.82) is 0 Å². The Morgan fingerprint density at radius 3 is 2.39 bits per heavy atom. The van der Waals surface area contributed by atoms with Gasteiger partial charge in [-0.05, 0) is 36.4 Å². The van der Waals surface area contributed by atoms with Gasteiger partial charge in [0, 0.05) is 11.1 Å². The molecule has 0 aliphatic carbocycles. The van der Waals surface area contributed by atoms with Crippen LogP contribution in [0.1, 0.15) is 10.4 Å². The second kappa shape index (κ2) is 7.75. The van der Waals surface area contributed by atoms with Crippen LogP contribution >= 0.6 is 0 Å². The van der Waals surface area contributed by atoms with Crippen molar-refractivity contribution in [2.24, 2.45) is 0 Å². The number of aromatic nitrogens is 2. The van der Waals surface area contributed by atoms with E-state index in [2.05, 4.69) is 15.5 Å². The molecule has 0 radical (unpaired) electrons. The Labute approximate surface area is 161 Å². The minimum Gasteiger partial charge on any atom is -0.497 e. The highest BCUT2D eigenvalue weighted by Crippen LogP contribution is 2.29. The fraction of sp³-hybridized carbons (Fsp3) is 0.0455. The Morgan fingerprint density at radius 1 is 0.929 bits per heavy atom. The first kappa shape index (κ1) is 17.5. The Bertz CT molecular complexity index is 1090. The van der Waals surface area contributed by atoms with E-state index in [4.69, 9.17) is 9.26 Å². The van der Waals surface area contributed by atoms with Crippen LogP contribution in [0.2, 0.25) is 0 Å². The molecule has 0 saturated carbocycles. The molecular formula is C22H17N3O3. The monoisotopic (exact) mass is 371 g/mol. The molecule has 28 heavy (non-hydrogen) atoms. The van der Waals surface area contributed by atoms with E-state index in [0.29, 0.717) is 34.3 Å². The molecule has 1 N–H and O–H groups in total. The zero-order valence-corrected chi connectivity index (χ0v) is 15.1. The van der Waals surface area contributed by atoms with Crippen LogP contribution in [0.5, 0.6) is 5.75 Å². The van der Waals surface area contributed by atoms with Crippen molar-refractivity contribution in [2.45, 2.75) is 0 Å². The van der Waals surface area contributed by atoms with Crippen LogP contribution in [-0.4, -0.2) is 23.2 Å². The lowest BCUT2D eigenvalue weighted by Gasteiger charge is -2.09. The number of ether oxygens (including phenoxy) is 1. The number of nitrogens with zero attached hydrogens (tertiary/aromatic N) is 2. The van der Waals surface area contributed by atoms with Crippen LogP contribution < -0.4 is 10.1 Å². The predicted octanol–water partition coefficient (Wildman–Crippen LogP) is 4.66. The van der Waals surface area contributed by atoms with E-state index in [1.165, 1.54) is 0 Å². The van der Waals surface area contributed by atoms with Gasteiger partial charge >= 0.3 is 0 Å². The molecular weight excluding hydrogens is 354 g/mol. The lowest BCUT2D eigenvalue weighted by Crippen LogP contribution is -2.12. The molecule has 1 aromatic heterocycles. The molecule has 0 atom stereocenters. The number of nitrogens with one attached hydrogen (secondary N) is 1. The van der Waals surface area contributed by atoms with Crippen LogP contribution in [0.3, 0.4) is 0 Å². The van der Waals surface area contributed by atoms with Crippen LogP contribution in [0, 0.1) is 0 Å². The summed E-state index contributed by atoms with van der Waals surface area (Å²) in [5.74, 6) is 1.28. The Morgan fingerprint density at radius 2 is 1.64 bits per heavy atom. The molecule has 0 unspecified atom stereocenters. The maximum atomic E-state index is 12.6. The number of carbonyl (C=O) groups is 1. The number of hydrogen-bond acceptors (Lipinski definition) is 5. The lowest BCUT2D eigenvalue weighted by molar-refractivity contribution is 0.102. The molecule has 0 spiro atoms. The molecule has 0 fully saturated rings. The van der Waals surface area contributed by atoms with E-state index in [1.54, 1.807) is 37.4 Å². The SMILES string of the molecule is COc1ccc(C(=O)Nc2ccccc2-c2nc(-c3ccccc3)no2)cc1. The fourth-order valence-electron chi connectivity index (χ4n) is 2.75. The number of anilines is 1. The van der Waals surface area contributed by atoms with Crippen molar-refractivity contribution in [1.82, 2.24) is 10.1 Å². The Hall–Kier alpha value is -3.93. The van der Waals surface area contributed by atoms with Crippen molar-refractivity contribution >= 4 is 11.6 Å². The van der Waals surface area contributed by atoms with Gasteiger partial charge in [-0.25, -0.2) is 0 Å². The normalized spacial score (nSPS) is 10.5. The van der Waals surface area contributed by atoms with E-state index in [1.807, 2.05) is 48.5 Å². The summed E-state index contributed by atoms with van der Waals surface area (Å²) in [7, 11) is 1.58. The van der Waals surface area contributed by atoms with E-state index >= 15 is 0 Å². The molecule has 6 nitrogen and oxygen atoms in total. The molecule has 1 heterocycles. The van der Waals surface area contributed by atoms with Gasteiger partial charge in [0.05, 0.1) is 18.4 Å². The van der Waals surface area contributed by atoms with E-state index in [-0.39, 0.29) is 5.91 Å². The van der Waals surface area contributed by atoms with E-state index in [0.717, 1.165) is 5.56 Å². The third-order valence-electron chi connectivity index (χ3n) is 4.22. The smallest absolute Gasteiger partial charge is 0.260 e. The zero-order chi connectivity index (χ0) is 19.3. The summed E-state index contributed by atoms with van der Waals surface area (Å²) >= 11 is 0. The van der Waals surface area contributed by atoms with E-state index < -0.39 is 0 Å². The van der Waals surface area contributed by atoms with Crippen LogP contribution in [-0.2, 0) is 0 Å². The minimum atomic E-state index is -0.238. The summed E-state index contributed by atoms with van der Waals surface area (Å²) in [5, 5.41) is 6.95. The predicted molar refractivity (Wildman–Crippen MR) is 106 cm³/mol. The van der Waals surface area contributed by atoms with Gasteiger partial charge in [-0.1, -0.05) is 47.6 Å². The van der Waals surface area contributed by atoms with Crippen molar-refractivity contribution < 1.29 is 14.1 Å². The summed E-state index contributed by atoms with van der Waals surface area (Å²) in [5.41, 5.74) is 2.62. The number of rotatable bonds is 5. The van der Waals surface area contributed by atoms with Gasteiger partial charge in [-0.15, -0.1) is 0 Å². The largest absolute Gasteiger partial charge is 0.497 e. The molecule has 0 aliphatic rings. The Balaban J connectivity index is 1.60. The number of para-hydroxylation sites is 1. The average molecular weight is 371 g/mol. The topological polar surface area (TPSA) is 77.2 Å². The summed E-state index contributed by atoms with van der Waals surface area (Å²) in [6.45, 7) is 0. The maximum absolute atomic E-state index is 12.6. The number of methoxy groups -OCH3 is 1. The molecule has 3 aromatic carbocycles. The molecule has 0 bridgehead atoms. The summed E-state index contributed by atoms with van der Waals surface area (Å²) in [6.07, 6.45) is 0.